The molecule has 2 fully saturated rings. The Hall–Kier alpha value is -0.650. The van der Waals surface area contributed by atoms with E-state index in [4.69, 9.17) is 17.3 Å². The Labute approximate surface area is 112 Å². The molecule has 2 aliphatic heterocycles. The van der Waals surface area contributed by atoms with Gasteiger partial charge in [-0.05, 0) is 30.5 Å². The van der Waals surface area contributed by atoms with Gasteiger partial charge < -0.3 is 5.73 Å². The maximum atomic E-state index is 5.95. The van der Waals surface area contributed by atoms with Crippen molar-refractivity contribution in [2.24, 2.45) is 5.73 Å². The number of halogens is 1. The van der Waals surface area contributed by atoms with E-state index < -0.39 is 0 Å². The first kappa shape index (κ1) is 12.4. The molecule has 0 radical (unpaired) electrons. The van der Waals surface area contributed by atoms with Gasteiger partial charge >= 0.3 is 0 Å². The molecule has 2 aliphatic rings. The SMILES string of the molecule is NC1CCN(C2CC(c3ccc(Cl)cc3)NN2)C1. The topological polar surface area (TPSA) is 53.3 Å². The van der Waals surface area contributed by atoms with Crippen LogP contribution in [0.15, 0.2) is 24.3 Å². The first-order chi connectivity index (χ1) is 8.72. The Balaban J connectivity index is 1.63. The van der Waals surface area contributed by atoms with Gasteiger partial charge in [-0.15, -0.1) is 0 Å². The fraction of sp³-hybridized carbons (Fsp3) is 0.538. The summed E-state index contributed by atoms with van der Waals surface area (Å²) in [6.45, 7) is 2.08. The van der Waals surface area contributed by atoms with Gasteiger partial charge in [-0.25, -0.2) is 10.9 Å². The van der Waals surface area contributed by atoms with Gasteiger partial charge in [0.1, 0.15) is 0 Å². The molecule has 0 aliphatic carbocycles. The average molecular weight is 267 g/mol. The first-order valence-electron chi connectivity index (χ1n) is 6.48. The third-order valence-electron chi connectivity index (χ3n) is 3.85. The van der Waals surface area contributed by atoms with E-state index in [2.05, 4.69) is 27.9 Å². The number of likely N-dealkylation sites (tertiary alicyclic amines) is 1. The van der Waals surface area contributed by atoms with E-state index in [0.717, 1.165) is 31.0 Å². The fourth-order valence-corrected chi connectivity index (χ4v) is 2.92. The Kier molecular flexibility index (Phi) is 3.54. The summed E-state index contributed by atoms with van der Waals surface area (Å²) in [7, 11) is 0. The summed E-state index contributed by atoms with van der Waals surface area (Å²) in [6, 6.07) is 8.74. The smallest absolute Gasteiger partial charge is 0.0748 e. The van der Waals surface area contributed by atoms with E-state index in [9.17, 15) is 0 Å². The highest BCUT2D eigenvalue weighted by Crippen LogP contribution is 2.26. The van der Waals surface area contributed by atoms with Crippen LogP contribution in [-0.4, -0.2) is 30.2 Å². The van der Waals surface area contributed by atoms with E-state index in [-0.39, 0.29) is 0 Å². The minimum Gasteiger partial charge on any atom is -0.326 e. The van der Waals surface area contributed by atoms with Crippen LogP contribution in [0.4, 0.5) is 0 Å². The largest absolute Gasteiger partial charge is 0.326 e. The van der Waals surface area contributed by atoms with Gasteiger partial charge in [-0.3, -0.25) is 4.90 Å². The second-order valence-electron chi connectivity index (χ2n) is 5.19. The third-order valence-corrected chi connectivity index (χ3v) is 4.10. The molecule has 1 aromatic rings. The summed E-state index contributed by atoms with van der Waals surface area (Å²) in [5.74, 6) is 0. The van der Waals surface area contributed by atoms with Gasteiger partial charge in [-0.2, -0.15) is 0 Å². The van der Waals surface area contributed by atoms with Gasteiger partial charge in [-0.1, -0.05) is 23.7 Å². The normalized spacial score (nSPS) is 33.1. The molecule has 0 spiro atoms. The van der Waals surface area contributed by atoms with Gasteiger partial charge in [0.25, 0.3) is 0 Å². The van der Waals surface area contributed by atoms with Crippen molar-refractivity contribution in [1.82, 2.24) is 15.8 Å². The maximum absolute atomic E-state index is 5.95. The van der Waals surface area contributed by atoms with Crippen molar-refractivity contribution >= 4 is 11.6 Å². The first-order valence-corrected chi connectivity index (χ1v) is 6.86. The summed E-state index contributed by atoms with van der Waals surface area (Å²) in [6.07, 6.45) is 2.55. The molecule has 0 saturated carbocycles. The van der Waals surface area contributed by atoms with E-state index in [1.54, 1.807) is 0 Å². The van der Waals surface area contributed by atoms with E-state index in [1.807, 2.05) is 12.1 Å². The molecule has 0 bridgehead atoms. The zero-order chi connectivity index (χ0) is 12.5. The minimum atomic E-state index is 0.335. The van der Waals surface area contributed by atoms with E-state index in [0.29, 0.717) is 18.2 Å². The van der Waals surface area contributed by atoms with Crippen molar-refractivity contribution in [2.75, 3.05) is 13.1 Å². The average Bonchev–Trinajstić information content (AvgIpc) is 2.98. The predicted octanol–water partition coefficient (Wildman–Crippen LogP) is 1.24. The number of hydrazine groups is 1. The lowest BCUT2D eigenvalue weighted by Crippen LogP contribution is -2.44. The molecular weight excluding hydrogens is 248 g/mol. The monoisotopic (exact) mass is 266 g/mol. The van der Waals surface area contributed by atoms with Gasteiger partial charge in [0.2, 0.25) is 0 Å². The van der Waals surface area contributed by atoms with Crippen LogP contribution in [0.2, 0.25) is 5.02 Å². The summed E-state index contributed by atoms with van der Waals surface area (Å²) >= 11 is 5.91. The second-order valence-corrected chi connectivity index (χ2v) is 5.62. The molecule has 18 heavy (non-hydrogen) atoms. The highest BCUT2D eigenvalue weighted by atomic mass is 35.5. The van der Waals surface area contributed by atoms with Crippen LogP contribution in [0.25, 0.3) is 0 Å². The third kappa shape index (κ3) is 2.53. The number of nitrogens with zero attached hydrogens (tertiary/aromatic N) is 1. The van der Waals surface area contributed by atoms with Crippen molar-refractivity contribution in [3.8, 4) is 0 Å². The zero-order valence-electron chi connectivity index (χ0n) is 10.3. The summed E-state index contributed by atoms with van der Waals surface area (Å²) in [5.41, 5.74) is 14.0. The lowest BCUT2D eigenvalue weighted by molar-refractivity contribution is 0.215. The van der Waals surface area contributed by atoms with Crippen LogP contribution in [0.5, 0.6) is 0 Å². The molecule has 4 nitrogen and oxygen atoms in total. The predicted molar refractivity (Wildman–Crippen MR) is 73.0 cm³/mol. The van der Waals surface area contributed by atoms with Crippen LogP contribution in [0, 0.1) is 0 Å². The van der Waals surface area contributed by atoms with Crippen LogP contribution in [0.3, 0.4) is 0 Å². The summed E-state index contributed by atoms with van der Waals surface area (Å²) < 4.78 is 0. The van der Waals surface area contributed by atoms with Gasteiger partial charge in [0, 0.05) is 30.2 Å². The Morgan fingerprint density at radius 2 is 2.00 bits per heavy atom. The number of benzene rings is 1. The molecule has 2 saturated heterocycles. The molecule has 5 heteroatoms. The molecule has 3 unspecified atom stereocenters. The molecule has 2 heterocycles. The highest BCUT2D eigenvalue weighted by Gasteiger charge is 2.32. The van der Waals surface area contributed by atoms with Gasteiger partial charge in [0.05, 0.1) is 6.17 Å². The number of nitrogens with two attached hydrogens (primary N) is 1. The molecule has 4 N–H and O–H groups in total. The Morgan fingerprint density at radius 3 is 2.67 bits per heavy atom. The Bertz CT molecular complexity index is 408. The highest BCUT2D eigenvalue weighted by molar-refractivity contribution is 6.30. The molecular formula is C13H19ClN4. The molecule has 3 rings (SSSR count). The lowest BCUT2D eigenvalue weighted by Gasteiger charge is -2.22. The minimum absolute atomic E-state index is 0.335. The molecule has 0 amide bonds. The summed E-state index contributed by atoms with van der Waals surface area (Å²) in [4.78, 5) is 2.42. The number of rotatable bonds is 2. The van der Waals surface area contributed by atoms with Crippen LogP contribution >= 0.6 is 11.6 Å². The lowest BCUT2D eigenvalue weighted by atomic mass is 10.0. The molecule has 1 aromatic carbocycles. The number of hydrogen-bond acceptors (Lipinski definition) is 4. The van der Waals surface area contributed by atoms with Gasteiger partial charge in [0.15, 0.2) is 0 Å². The summed E-state index contributed by atoms with van der Waals surface area (Å²) in [5, 5.41) is 0.784. The number of nitrogens with one attached hydrogen (secondary N) is 2. The quantitative estimate of drug-likeness (QED) is 0.754. The van der Waals surface area contributed by atoms with Crippen LogP contribution in [0.1, 0.15) is 24.4 Å². The van der Waals surface area contributed by atoms with Crippen molar-refractivity contribution in [2.45, 2.75) is 31.1 Å². The second kappa shape index (κ2) is 5.15. The maximum Gasteiger partial charge on any atom is 0.0748 e. The van der Waals surface area contributed by atoms with Crippen molar-refractivity contribution in [3.63, 3.8) is 0 Å². The van der Waals surface area contributed by atoms with E-state index >= 15 is 0 Å². The van der Waals surface area contributed by atoms with Crippen molar-refractivity contribution < 1.29 is 0 Å². The Morgan fingerprint density at radius 1 is 1.22 bits per heavy atom. The van der Waals surface area contributed by atoms with Crippen molar-refractivity contribution in [1.29, 1.82) is 0 Å². The van der Waals surface area contributed by atoms with Crippen molar-refractivity contribution in [3.05, 3.63) is 34.9 Å². The van der Waals surface area contributed by atoms with Crippen LogP contribution in [-0.2, 0) is 0 Å². The zero-order valence-corrected chi connectivity index (χ0v) is 11.0. The molecule has 0 aromatic heterocycles. The van der Waals surface area contributed by atoms with E-state index in [1.165, 1.54) is 5.56 Å². The fourth-order valence-electron chi connectivity index (χ4n) is 2.79. The number of hydrogen-bond donors (Lipinski definition) is 3. The standard InChI is InChI=1S/C13H19ClN4/c14-10-3-1-9(2-4-10)12-7-13(17-16-12)18-6-5-11(15)8-18/h1-4,11-13,16-17H,5-8,15H2. The molecule has 3 atom stereocenters. The molecule has 98 valence electrons. The van der Waals surface area contributed by atoms with Crippen LogP contribution < -0.4 is 16.6 Å².